The van der Waals surface area contributed by atoms with E-state index in [1.165, 1.54) is 0 Å². The van der Waals surface area contributed by atoms with Gasteiger partial charge < -0.3 is 20.4 Å². The first kappa shape index (κ1) is 23.8. The van der Waals surface area contributed by atoms with Crippen molar-refractivity contribution in [2.24, 2.45) is 4.99 Å². The van der Waals surface area contributed by atoms with Gasteiger partial charge in [-0.25, -0.2) is 4.79 Å². The number of rotatable bonds is 3. The normalized spacial score (nSPS) is 15.9. The SMILES string of the molecule is Cc1ccc(NC(=O)N2CCN(/C(=N\C#N)Nc3ccccc3C)CC2c2ccccc2)c(C)c1. The third-order valence-electron chi connectivity index (χ3n) is 6.30. The van der Waals surface area contributed by atoms with Crippen LogP contribution in [-0.4, -0.2) is 41.4 Å². The third kappa shape index (κ3) is 5.61. The van der Waals surface area contributed by atoms with Gasteiger partial charge in [0, 0.05) is 31.0 Å². The summed E-state index contributed by atoms with van der Waals surface area (Å²) in [5, 5.41) is 15.8. The zero-order valence-electron chi connectivity index (χ0n) is 20.3. The first-order valence-corrected chi connectivity index (χ1v) is 11.7. The molecule has 178 valence electrons. The van der Waals surface area contributed by atoms with Gasteiger partial charge in [0.15, 0.2) is 0 Å². The maximum Gasteiger partial charge on any atom is 0.322 e. The predicted octanol–water partition coefficient (Wildman–Crippen LogP) is 5.45. The summed E-state index contributed by atoms with van der Waals surface area (Å²) in [5.41, 5.74) is 5.97. The number of benzene rings is 3. The van der Waals surface area contributed by atoms with Crippen molar-refractivity contribution in [3.8, 4) is 6.19 Å². The van der Waals surface area contributed by atoms with E-state index >= 15 is 0 Å². The molecule has 3 aromatic rings. The van der Waals surface area contributed by atoms with E-state index in [9.17, 15) is 10.1 Å². The molecular formula is C28H30N6O. The number of piperazine rings is 1. The Labute approximate surface area is 206 Å². The van der Waals surface area contributed by atoms with Crippen molar-refractivity contribution in [1.82, 2.24) is 9.80 Å². The van der Waals surface area contributed by atoms with E-state index in [0.29, 0.717) is 25.6 Å². The number of nitrogens with zero attached hydrogens (tertiary/aromatic N) is 4. The van der Waals surface area contributed by atoms with E-state index < -0.39 is 0 Å². The molecule has 1 atom stereocenters. The lowest BCUT2D eigenvalue weighted by Crippen LogP contribution is -2.54. The number of carbonyl (C=O) groups is 1. The van der Waals surface area contributed by atoms with Gasteiger partial charge in [0.2, 0.25) is 12.2 Å². The Bertz CT molecular complexity index is 1260. The molecule has 3 aromatic carbocycles. The molecule has 2 N–H and O–H groups in total. The minimum Gasteiger partial charge on any atom is -0.338 e. The molecule has 0 radical (unpaired) electrons. The summed E-state index contributed by atoms with van der Waals surface area (Å²) >= 11 is 0. The van der Waals surface area contributed by atoms with Crippen molar-refractivity contribution in [2.75, 3.05) is 30.3 Å². The first-order chi connectivity index (χ1) is 17.0. The summed E-state index contributed by atoms with van der Waals surface area (Å²) in [6.07, 6.45) is 1.93. The van der Waals surface area contributed by atoms with E-state index in [-0.39, 0.29) is 12.1 Å². The molecule has 0 spiro atoms. The number of carbonyl (C=O) groups excluding carboxylic acids is 1. The number of aliphatic imine (C=N–C) groups is 1. The third-order valence-corrected chi connectivity index (χ3v) is 6.30. The van der Waals surface area contributed by atoms with Crippen molar-refractivity contribution in [1.29, 1.82) is 5.26 Å². The average Bonchev–Trinajstić information content (AvgIpc) is 2.87. The molecule has 35 heavy (non-hydrogen) atoms. The standard InChI is InChI=1S/C28H30N6O/c1-20-13-14-25(22(3)17-20)32-28(35)34-16-15-33(18-26(34)23-10-5-4-6-11-23)27(30-19-29)31-24-12-8-7-9-21(24)2/h4-14,17,26H,15-16,18H2,1-3H3,(H,30,31)(H,32,35). The van der Waals surface area contributed by atoms with Gasteiger partial charge in [0.1, 0.15) is 0 Å². The van der Waals surface area contributed by atoms with Crippen LogP contribution in [0.25, 0.3) is 0 Å². The summed E-state index contributed by atoms with van der Waals surface area (Å²) < 4.78 is 0. The summed E-state index contributed by atoms with van der Waals surface area (Å²) in [6.45, 7) is 7.57. The molecule has 1 fully saturated rings. The van der Waals surface area contributed by atoms with Crippen molar-refractivity contribution in [3.63, 3.8) is 0 Å². The van der Waals surface area contributed by atoms with Crippen molar-refractivity contribution in [3.05, 3.63) is 95.1 Å². The number of nitriles is 1. The molecule has 0 saturated carbocycles. The van der Waals surface area contributed by atoms with E-state index in [1.54, 1.807) is 0 Å². The molecule has 0 aromatic heterocycles. The Morgan fingerprint density at radius 1 is 0.914 bits per heavy atom. The molecule has 1 unspecified atom stereocenters. The minimum absolute atomic E-state index is 0.143. The Hall–Kier alpha value is -4.31. The molecule has 2 amide bonds. The second-order valence-corrected chi connectivity index (χ2v) is 8.79. The summed E-state index contributed by atoms with van der Waals surface area (Å²) in [7, 11) is 0. The number of para-hydroxylation sites is 1. The van der Waals surface area contributed by atoms with Crippen molar-refractivity contribution < 1.29 is 4.79 Å². The van der Waals surface area contributed by atoms with Crippen LogP contribution in [0.2, 0.25) is 0 Å². The highest BCUT2D eigenvalue weighted by Crippen LogP contribution is 2.28. The minimum atomic E-state index is -0.210. The monoisotopic (exact) mass is 466 g/mol. The van der Waals surface area contributed by atoms with Gasteiger partial charge in [0.05, 0.1) is 6.04 Å². The van der Waals surface area contributed by atoms with Crippen LogP contribution in [0.15, 0.2) is 77.8 Å². The topological polar surface area (TPSA) is 83.8 Å². The number of urea groups is 1. The number of hydrogen-bond acceptors (Lipinski definition) is 3. The lowest BCUT2D eigenvalue weighted by molar-refractivity contribution is 0.136. The summed E-state index contributed by atoms with van der Waals surface area (Å²) in [5.74, 6) is 0.483. The van der Waals surface area contributed by atoms with Crippen LogP contribution in [-0.2, 0) is 0 Å². The summed E-state index contributed by atoms with van der Waals surface area (Å²) in [4.78, 5) is 21.4. The van der Waals surface area contributed by atoms with Gasteiger partial charge in [-0.2, -0.15) is 5.26 Å². The van der Waals surface area contributed by atoms with Gasteiger partial charge in [0.25, 0.3) is 0 Å². The fourth-order valence-electron chi connectivity index (χ4n) is 4.38. The van der Waals surface area contributed by atoms with Gasteiger partial charge in [-0.05, 0) is 49.6 Å². The van der Waals surface area contributed by atoms with Crippen LogP contribution in [0.5, 0.6) is 0 Å². The Morgan fingerprint density at radius 3 is 2.34 bits per heavy atom. The molecule has 1 aliphatic heterocycles. The van der Waals surface area contributed by atoms with E-state index in [2.05, 4.69) is 21.7 Å². The number of guanidine groups is 1. The highest BCUT2D eigenvalue weighted by Gasteiger charge is 2.33. The largest absolute Gasteiger partial charge is 0.338 e. The Morgan fingerprint density at radius 2 is 1.63 bits per heavy atom. The zero-order valence-corrected chi connectivity index (χ0v) is 20.3. The predicted molar refractivity (Wildman–Crippen MR) is 140 cm³/mol. The molecule has 0 bridgehead atoms. The van der Waals surface area contributed by atoms with Crippen LogP contribution in [0.3, 0.4) is 0 Å². The zero-order chi connectivity index (χ0) is 24.8. The number of nitrogens with one attached hydrogen (secondary N) is 2. The first-order valence-electron chi connectivity index (χ1n) is 11.7. The molecule has 7 heteroatoms. The molecule has 0 aliphatic carbocycles. The van der Waals surface area contributed by atoms with Gasteiger partial charge in [-0.1, -0.05) is 66.2 Å². The second-order valence-electron chi connectivity index (χ2n) is 8.79. The molecule has 4 rings (SSSR count). The van der Waals surface area contributed by atoms with E-state index in [0.717, 1.165) is 33.6 Å². The van der Waals surface area contributed by atoms with Crippen molar-refractivity contribution in [2.45, 2.75) is 26.8 Å². The molecule has 1 saturated heterocycles. The maximum absolute atomic E-state index is 13.4. The van der Waals surface area contributed by atoms with E-state index in [1.807, 2.05) is 103 Å². The van der Waals surface area contributed by atoms with Crippen LogP contribution >= 0.6 is 0 Å². The fourth-order valence-corrected chi connectivity index (χ4v) is 4.38. The second kappa shape index (κ2) is 10.7. The van der Waals surface area contributed by atoms with Crippen LogP contribution < -0.4 is 10.6 Å². The lowest BCUT2D eigenvalue weighted by atomic mass is 10.0. The lowest BCUT2D eigenvalue weighted by Gasteiger charge is -2.42. The van der Waals surface area contributed by atoms with Gasteiger partial charge in [-0.3, -0.25) is 0 Å². The quantitative estimate of drug-likeness (QED) is 0.305. The van der Waals surface area contributed by atoms with Crippen molar-refractivity contribution >= 4 is 23.4 Å². The number of amides is 2. The Kier molecular flexibility index (Phi) is 7.32. The molecule has 1 heterocycles. The van der Waals surface area contributed by atoms with E-state index in [4.69, 9.17) is 0 Å². The molecular weight excluding hydrogens is 436 g/mol. The highest BCUT2D eigenvalue weighted by molar-refractivity contribution is 5.95. The maximum atomic E-state index is 13.4. The van der Waals surface area contributed by atoms with Gasteiger partial charge in [-0.15, -0.1) is 4.99 Å². The highest BCUT2D eigenvalue weighted by atomic mass is 16.2. The average molecular weight is 467 g/mol. The van der Waals surface area contributed by atoms with Crippen LogP contribution in [0.4, 0.5) is 16.2 Å². The fraction of sp³-hybridized carbons (Fsp3) is 0.250. The Balaban J connectivity index is 1.59. The van der Waals surface area contributed by atoms with Gasteiger partial charge >= 0.3 is 6.03 Å². The number of aryl methyl sites for hydroxylation is 3. The van der Waals surface area contributed by atoms with Crippen LogP contribution in [0, 0.1) is 32.2 Å². The van der Waals surface area contributed by atoms with Crippen LogP contribution in [0.1, 0.15) is 28.3 Å². The number of hydrogen-bond donors (Lipinski definition) is 2. The molecule has 1 aliphatic rings. The molecule has 7 nitrogen and oxygen atoms in total. The summed E-state index contributed by atoms with van der Waals surface area (Å²) in [6, 6.07) is 23.5. The number of anilines is 2. The smallest absolute Gasteiger partial charge is 0.322 e.